The Morgan fingerprint density at radius 3 is 2.87 bits per heavy atom. The van der Waals surface area contributed by atoms with Gasteiger partial charge < -0.3 is 4.90 Å². The van der Waals surface area contributed by atoms with E-state index in [1.807, 2.05) is 17.9 Å². The van der Waals surface area contributed by atoms with Crippen LogP contribution in [-0.4, -0.2) is 17.3 Å². The number of hydrogen-bond donors (Lipinski definition) is 1. The summed E-state index contributed by atoms with van der Waals surface area (Å²) in [7, 11) is 0. The highest BCUT2D eigenvalue weighted by molar-refractivity contribution is 5.81. The van der Waals surface area contributed by atoms with Crippen LogP contribution < -0.4 is 0 Å². The number of nitrogens with one attached hydrogen (secondary N) is 1. The Morgan fingerprint density at radius 2 is 2.27 bits per heavy atom. The van der Waals surface area contributed by atoms with Gasteiger partial charge in [0, 0.05) is 13.0 Å². The van der Waals surface area contributed by atoms with Crippen molar-refractivity contribution < 1.29 is 4.39 Å². The molecule has 0 aromatic heterocycles. The zero-order chi connectivity index (χ0) is 10.8. The van der Waals surface area contributed by atoms with Crippen molar-refractivity contribution in [2.45, 2.75) is 25.8 Å². The number of amidine groups is 1. The largest absolute Gasteiger partial charge is 0.354 e. The molecule has 1 unspecified atom stereocenters. The molecule has 2 rings (SSSR count). The van der Waals surface area contributed by atoms with Crippen LogP contribution >= 0.6 is 0 Å². The fourth-order valence-electron chi connectivity index (χ4n) is 2.07. The Hall–Kier alpha value is -1.38. The zero-order valence-corrected chi connectivity index (χ0v) is 8.83. The van der Waals surface area contributed by atoms with Crippen molar-refractivity contribution in [3.05, 3.63) is 35.6 Å². The van der Waals surface area contributed by atoms with Gasteiger partial charge >= 0.3 is 0 Å². The molecule has 1 aromatic carbocycles. The van der Waals surface area contributed by atoms with E-state index in [0.717, 1.165) is 24.9 Å². The second kappa shape index (κ2) is 4.01. The molecule has 2 nitrogen and oxygen atoms in total. The molecule has 0 aliphatic carbocycles. The van der Waals surface area contributed by atoms with E-state index in [9.17, 15) is 4.39 Å². The van der Waals surface area contributed by atoms with Crippen LogP contribution in [0.4, 0.5) is 4.39 Å². The van der Waals surface area contributed by atoms with Crippen LogP contribution in [0.5, 0.6) is 0 Å². The minimum atomic E-state index is -0.204. The van der Waals surface area contributed by atoms with Gasteiger partial charge in [0.05, 0.1) is 11.9 Å². The van der Waals surface area contributed by atoms with E-state index < -0.39 is 0 Å². The lowest BCUT2D eigenvalue weighted by atomic mass is 10.1. The number of benzene rings is 1. The third kappa shape index (κ3) is 2.01. The molecule has 0 bridgehead atoms. The number of rotatable bonds is 2. The van der Waals surface area contributed by atoms with E-state index in [1.165, 1.54) is 6.07 Å². The first-order valence-electron chi connectivity index (χ1n) is 5.28. The molecule has 1 saturated heterocycles. The van der Waals surface area contributed by atoms with Gasteiger partial charge in [-0.25, -0.2) is 4.39 Å². The first kappa shape index (κ1) is 10.1. The van der Waals surface area contributed by atoms with Gasteiger partial charge in [-0.2, -0.15) is 0 Å². The SMILES string of the molecule is CC(c1cccc(F)c1)N1CCCC1=N. The van der Waals surface area contributed by atoms with Gasteiger partial charge in [0.25, 0.3) is 0 Å². The maximum absolute atomic E-state index is 13.0. The lowest BCUT2D eigenvalue weighted by Crippen LogP contribution is -2.27. The maximum Gasteiger partial charge on any atom is 0.123 e. The van der Waals surface area contributed by atoms with E-state index in [4.69, 9.17) is 5.41 Å². The molecule has 1 heterocycles. The lowest BCUT2D eigenvalue weighted by Gasteiger charge is -2.26. The van der Waals surface area contributed by atoms with E-state index in [0.29, 0.717) is 5.84 Å². The van der Waals surface area contributed by atoms with E-state index in [-0.39, 0.29) is 11.9 Å². The van der Waals surface area contributed by atoms with Crippen LogP contribution in [0.25, 0.3) is 0 Å². The van der Waals surface area contributed by atoms with Crippen molar-refractivity contribution in [1.82, 2.24) is 4.90 Å². The van der Waals surface area contributed by atoms with E-state index >= 15 is 0 Å². The van der Waals surface area contributed by atoms with Crippen molar-refractivity contribution in [2.24, 2.45) is 0 Å². The quantitative estimate of drug-likeness (QED) is 0.791. The first-order chi connectivity index (χ1) is 7.18. The molecule has 0 radical (unpaired) electrons. The molecule has 1 aliphatic rings. The average Bonchev–Trinajstić information content (AvgIpc) is 2.63. The summed E-state index contributed by atoms with van der Waals surface area (Å²) in [5.41, 5.74) is 0.946. The molecule has 80 valence electrons. The number of nitrogens with zero attached hydrogens (tertiary/aromatic N) is 1. The van der Waals surface area contributed by atoms with Crippen LogP contribution in [0.1, 0.15) is 31.4 Å². The predicted molar refractivity (Wildman–Crippen MR) is 58.5 cm³/mol. The Kier molecular flexibility index (Phi) is 2.71. The molecule has 0 saturated carbocycles. The summed E-state index contributed by atoms with van der Waals surface area (Å²) in [4.78, 5) is 2.04. The summed E-state index contributed by atoms with van der Waals surface area (Å²) in [5, 5.41) is 7.77. The summed E-state index contributed by atoms with van der Waals surface area (Å²) in [6, 6.07) is 6.75. The summed E-state index contributed by atoms with van der Waals surface area (Å²) in [6.07, 6.45) is 1.89. The zero-order valence-electron chi connectivity index (χ0n) is 8.83. The van der Waals surface area contributed by atoms with Crippen molar-refractivity contribution >= 4 is 5.84 Å². The van der Waals surface area contributed by atoms with Crippen LogP contribution in [0.2, 0.25) is 0 Å². The molecule has 0 spiro atoms. The predicted octanol–water partition coefficient (Wildman–Crippen LogP) is 2.96. The van der Waals surface area contributed by atoms with Gasteiger partial charge in [0.2, 0.25) is 0 Å². The van der Waals surface area contributed by atoms with Gasteiger partial charge in [-0.1, -0.05) is 12.1 Å². The normalized spacial score (nSPS) is 18.3. The number of hydrogen-bond acceptors (Lipinski definition) is 1. The molecule has 0 amide bonds. The van der Waals surface area contributed by atoms with Crippen molar-refractivity contribution in [3.8, 4) is 0 Å². The molecule has 1 atom stereocenters. The van der Waals surface area contributed by atoms with Crippen LogP contribution in [0.15, 0.2) is 24.3 Å². The number of likely N-dealkylation sites (tertiary alicyclic amines) is 1. The van der Waals surface area contributed by atoms with Gasteiger partial charge in [-0.3, -0.25) is 5.41 Å². The summed E-state index contributed by atoms with van der Waals surface area (Å²) < 4.78 is 13.0. The average molecular weight is 206 g/mol. The lowest BCUT2D eigenvalue weighted by molar-refractivity contribution is 0.361. The Morgan fingerprint density at radius 1 is 1.47 bits per heavy atom. The van der Waals surface area contributed by atoms with Crippen LogP contribution in [0.3, 0.4) is 0 Å². The second-order valence-electron chi connectivity index (χ2n) is 3.97. The standard InChI is InChI=1S/C12H15FN2/c1-9(15-7-3-6-12(15)14)10-4-2-5-11(13)8-10/h2,4-5,8-9,14H,3,6-7H2,1H3. The van der Waals surface area contributed by atoms with Crippen LogP contribution in [-0.2, 0) is 0 Å². The third-order valence-corrected chi connectivity index (χ3v) is 2.96. The van der Waals surface area contributed by atoms with E-state index in [1.54, 1.807) is 12.1 Å². The fraction of sp³-hybridized carbons (Fsp3) is 0.417. The minimum Gasteiger partial charge on any atom is -0.354 e. The van der Waals surface area contributed by atoms with E-state index in [2.05, 4.69) is 0 Å². The van der Waals surface area contributed by atoms with Crippen LogP contribution in [0, 0.1) is 11.2 Å². The summed E-state index contributed by atoms with van der Waals surface area (Å²) in [6.45, 7) is 2.94. The third-order valence-electron chi connectivity index (χ3n) is 2.96. The maximum atomic E-state index is 13.0. The van der Waals surface area contributed by atoms with Crippen molar-refractivity contribution in [2.75, 3.05) is 6.54 Å². The fourth-order valence-corrected chi connectivity index (χ4v) is 2.07. The van der Waals surface area contributed by atoms with Gasteiger partial charge in [0.1, 0.15) is 5.82 Å². The summed E-state index contributed by atoms with van der Waals surface area (Å²) in [5.74, 6) is 0.469. The van der Waals surface area contributed by atoms with Gasteiger partial charge in [-0.05, 0) is 31.0 Å². The summed E-state index contributed by atoms with van der Waals surface area (Å²) >= 11 is 0. The minimum absolute atomic E-state index is 0.107. The Balaban J connectivity index is 2.20. The molecule has 3 heteroatoms. The molecular formula is C12H15FN2. The van der Waals surface area contributed by atoms with Crippen molar-refractivity contribution in [1.29, 1.82) is 5.41 Å². The highest BCUT2D eigenvalue weighted by Gasteiger charge is 2.23. The Bertz CT molecular complexity index is 376. The molecule has 1 aliphatic heterocycles. The monoisotopic (exact) mass is 206 g/mol. The Labute approximate surface area is 89.2 Å². The smallest absolute Gasteiger partial charge is 0.123 e. The second-order valence-corrected chi connectivity index (χ2v) is 3.97. The highest BCUT2D eigenvalue weighted by atomic mass is 19.1. The topological polar surface area (TPSA) is 27.1 Å². The first-order valence-corrected chi connectivity index (χ1v) is 5.28. The molecule has 1 fully saturated rings. The highest BCUT2D eigenvalue weighted by Crippen LogP contribution is 2.25. The molecule has 1 N–H and O–H groups in total. The molecular weight excluding hydrogens is 191 g/mol. The molecule has 1 aromatic rings. The number of halogens is 1. The van der Waals surface area contributed by atoms with Gasteiger partial charge in [-0.15, -0.1) is 0 Å². The van der Waals surface area contributed by atoms with Crippen molar-refractivity contribution in [3.63, 3.8) is 0 Å². The molecule has 15 heavy (non-hydrogen) atoms. The van der Waals surface area contributed by atoms with Gasteiger partial charge in [0.15, 0.2) is 0 Å².